The first kappa shape index (κ1) is 19.6. The Balaban J connectivity index is 1.64. The third-order valence-electron chi connectivity index (χ3n) is 4.43. The van der Waals surface area contributed by atoms with Crippen LogP contribution in [0, 0.1) is 0 Å². The van der Waals surface area contributed by atoms with Crippen molar-refractivity contribution in [2.75, 3.05) is 13.2 Å². The molecule has 1 saturated heterocycles. The van der Waals surface area contributed by atoms with Crippen molar-refractivity contribution in [1.29, 1.82) is 0 Å². The Bertz CT molecular complexity index is 809. The van der Waals surface area contributed by atoms with Crippen molar-refractivity contribution in [3.05, 3.63) is 54.1 Å². The fourth-order valence-electron chi connectivity index (χ4n) is 3.12. The maximum Gasteiger partial charge on any atom is 0.246 e. The Labute approximate surface area is 162 Å². The molecular formula is C19H23N5O4. The number of imidazole rings is 1. The van der Waals surface area contributed by atoms with Crippen LogP contribution in [0.4, 0.5) is 0 Å². The minimum absolute atomic E-state index is 0.0624. The highest BCUT2D eigenvalue weighted by atomic mass is 16.5. The predicted octanol–water partition coefficient (Wildman–Crippen LogP) is -0.171. The molecule has 2 heterocycles. The van der Waals surface area contributed by atoms with Crippen LogP contribution in [0.3, 0.4) is 0 Å². The molecule has 148 valence electrons. The molecular weight excluding hydrogens is 362 g/mol. The Hall–Kier alpha value is -3.20. The Morgan fingerprint density at radius 2 is 2.11 bits per heavy atom. The van der Waals surface area contributed by atoms with E-state index in [-0.39, 0.29) is 43.3 Å². The number of carbonyl (C=O) groups is 3. The summed E-state index contributed by atoms with van der Waals surface area (Å²) < 4.78 is 5.64. The van der Waals surface area contributed by atoms with Gasteiger partial charge < -0.3 is 25.7 Å². The largest absolute Gasteiger partial charge is 0.364 e. The molecule has 1 aliphatic rings. The minimum atomic E-state index is -0.744. The van der Waals surface area contributed by atoms with E-state index in [1.807, 2.05) is 30.3 Å². The van der Waals surface area contributed by atoms with Crippen molar-refractivity contribution >= 4 is 17.7 Å². The number of benzene rings is 1. The van der Waals surface area contributed by atoms with Crippen molar-refractivity contribution in [2.24, 2.45) is 0 Å². The summed E-state index contributed by atoms with van der Waals surface area (Å²) in [7, 11) is 0. The Morgan fingerprint density at radius 1 is 1.32 bits per heavy atom. The van der Waals surface area contributed by atoms with Gasteiger partial charge in [-0.05, 0) is 5.56 Å². The molecule has 1 aromatic heterocycles. The molecule has 0 bridgehead atoms. The average molecular weight is 385 g/mol. The van der Waals surface area contributed by atoms with Gasteiger partial charge in [-0.1, -0.05) is 30.3 Å². The molecule has 0 spiro atoms. The zero-order chi connectivity index (χ0) is 19.9. The number of hydrogen-bond donors (Lipinski definition) is 4. The third-order valence-corrected chi connectivity index (χ3v) is 4.43. The average Bonchev–Trinajstić information content (AvgIpc) is 3.19. The molecule has 0 radical (unpaired) electrons. The zero-order valence-electron chi connectivity index (χ0n) is 15.5. The van der Waals surface area contributed by atoms with Gasteiger partial charge in [-0.15, -0.1) is 0 Å². The van der Waals surface area contributed by atoms with Crippen LogP contribution < -0.4 is 16.0 Å². The fraction of sp³-hybridized carbons (Fsp3) is 0.368. The molecule has 28 heavy (non-hydrogen) atoms. The van der Waals surface area contributed by atoms with Gasteiger partial charge in [0.05, 0.1) is 18.5 Å². The Kier molecular flexibility index (Phi) is 6.38. The molecule has 2 aromatic rings. The number of H-pyrrole nitrogens is 1. The number of hydrogen-bond acceptors (Lipinski definition) is 5. The van der Waals surface area contributed by atoms with E-state index in [0.717, 1.165) is 11.3 Å². The molecule has 3 amide bonds. The van der Waals surface area contributed by atoms with Crippen molar-refractivity contribution in [2.45, 2.75) is 31.5 Å². The SMILES string of the molecule is CC(=O)N[C@@H](Cc1cnc[nH]1)C(=O)NC[C@@H]1OCC(=O)N[C@@H]1c1ccccc1. The summed E-state index contributed by atoms with van der Waals surface area (Å²) in [5.41, 5.74) is 1.63. The van der Waals surface area contributed by atoms with E-state index in [1.165, 1.54) is 13.3 Å². The van der Waals surface area contributed by atoms with Crippen LogP contribution in [0.1, 0.15) is 24.2 Å². The maximum absolute atomic E-state index is 12.7. The number of aromatic amines is 1. The summed E-state index contributed by atoms with van der Waals surface area (Å²) in [6.45, 7) is 1.49. The highest BCUT2D eigenvalue weighted by Gasteiger charge is 2.31. The molecule has 9 heteroatoms. The van der Waals surface area contributed by atoms with Gasteiger partial charge in [-0.2, -0.15) is 0 Å². The topological polar surface area (TPSA) is 125 Å². The number of rotatable bonds is 7. The first-order chi connectivity index (χ1) is 13.5. The van der Waals surface area contributed by atoms with Gasteiger partial charge in [0.15, 0.2) is 0 Å². The molecule has 9 nitrogen and oxygen atoms in total. The van der Waals surface area contributed by atoms with E-state index in [0.29, 0.717) is 0 Å². The summed E-state index contributed by atoms with van der Waals surface area (Å²) in [5.74, 6) is -0.841. The van der Waals surface area contributed by atoms with E-state index in [9.17, 15) is 14.4 Å². The van der Waals surface area contributed by atoms with Crippen molar-refractivity contribution in [1.82, 2.24) is 25.9 Å². The lowest BCUT2D eigenvalue weighted by Crippen LogP contribution is -2.53. The molecule has 3 atom stereocenters. The minimum Gasteiger partial charge on any atom is -0.364 e. The monoisotopic (exact) mass is 385 g/mol. The smallest absolute Gasteiger partial charge is 0.246 e. The first-order valence-corrected chi connectivity index (χ1v) is 9.01. The van der Waals surface area contributed by atoms with Crippen molar-refractivity contribution in [3.8, 4) is 0 Å². The van der Waals surface area contributed by atoms with Crippen LogP contribution in [-0.2, 0) is 25.5 Å². The van der Waals surface area contributed by atoms with Gasteiger partial charge >= 0.3 is 0 Å². The van der Waals surface area contributed by atoms with Gasteiger partial charge in [-0.25, -0.2) is 4.98 Å². The summed E-state index contributed by atoms with van der Waals surface area (Å²) in [6.07, 6.45) is 2.98. The highest BCUT2D eigenvalue weighted by Crippen LogP contribution is 2.21. The molecule has 1 fully saturated rings. The van der Waals surface area contributed by atoms with Crippen LogP contribution in [0.15, 0.2) is 42.9 Å². The predicted molar refractivity (Wildman–Crippen MR) is 100.0 cm³/mol. The van der Waals surface area contributed by atoms with Crippen molar-refractivity contribution in [3.63, 3.8) is 0 Å². The van der Waals surface area contributed by atoms with Gasteiger partial charge in [-0.3, -0.25) is 14.4 Å². The molecule has 1 aliphatic heterocycles. The van der Waals surface area contributed by atoms with Gasteiger partial charge in [0, 0.05) is 31.8 Å². The zero-order valence-corrected chi connectivity index (χ0v) is 15.5. The lowest BCUT2D eigenvalue weighted by atomic mass is 9.99. The quantitative estimate of drug-likeness (QED) is 0.527. The first-order valence-electron chi connectivity index (χ1n) is 9.01. The number of nitrogens with one attached hydrogen (secondary N) is 4. The third kappa shape index (κ3) is 5.17. The maximum atomic E-state index is 12.7. The van der Waals surface area contributed by atoms with Crippen LogP contribution in [0.25, 0.3) is 0 Å². The second-order valence-electron chi connectivity index (χ2n) is 6.58. The standard InChI is InChI=1S/C19H23N5O4/c1-12(25)23-15(7-14-8-20-11-22-14)19(27)21-9-16-18(24-17(26)10-28-16)13-5-3-2-4-6-13/h2-6,8,11,15-16,18H,7,9-10H2,1H3,(H,20,22)(H,21,27)(H,23,25)(H,24,26)/t15-,16-,18+/m0/s1. The van der Waals surface area contributed by atoms with Crippen LogP contribution >= 0.6 is 0 Å². The van der Waals surface area contributed by atoms with E-state index < -0.39 is 12.1 Å². The normalized spacial score (nSPS) is 20.1. The van der Waals surface area contributed by atoms with Gasteiger partial charge in [0.25, 0.3) is 0 Å². The number of ether oxygens (including phenoxy) is 1. The van der Waals surface area contributed by atoms with Crippen LogP contribution in [0.5, 0.6) is 0 Å². The lowest BCUT2D eigenvalue weighted by Gasteiger charge is -2.33. The summed E-state index contributed by atoms with van der Waals surface area (Å²) in [6, 6.07) is 8.32. The number of amides is 3. The van der Waals surface area contributed by atoms with Gasteiger partial charge in [0.2, 0.25) is 17.7 Å². The van der Waals surface area contributed by atoms with E-state index in [1.54, 1.807) is 6.20 Å². The molecule has 0 unspecified atom stereocenters. The second kappa shape index (κ2) is 9.14. The molecule has 1 aromatic carbocycles. The van der Waals surface area contributed by atoms with Gasteiger partial charge in [0.1, 0.15) is 12.6 Å². The molecule has 4 N–H and O–H groups in total. The number of nitrogens with zero attached hydrogens (tertiary/aromatic N) is 1. The summed E-state index contributed by atoms with van der Waals surface area (Å²) >= 11 is 0. The van der Waals surface area contributed by atoms with E-state index >= 15 is 0 Å². The number of morpholine rings is 1. The van der Waals surface area contributed by atoms with E-state index in [4.69, 9.17) is 4.74 Å². The Morgan fingerprint density at radius 3 is 2.79 bits per heavy atom. The molecule has 0 aliphatic carbocycles. The molecule has 3 rings (SSSR count). The van der Waals surface area contributed by atoms with E-state index in [2.05, 4.69) is 25.9 Å². The molecule has 0 saturated carbocycles. The highest BCUT2D eigenvalue weighted by molar-refractivity contribution is 5.87. The van der Waals surface area contributed by atoms with Crippen LogP contribution in [0.2, 0.25) is 0 Å². The second-order valence-corrected chi connectivity index (χ2v) is 6.58. The lowest BCUT2D eigenvalue weighted by molar-refractivity contribution is -0.137. The summed E-state index contributed by atoms with van der Waals surface area (Å²) in [5, 5.41) is 8.37. The van der Waals surface area contributed by atoms with Crippen molar-refractivity contribution < 1.29 is 19.1 Å². The summed E-state index contributed by atoms with van der Waals surface area (Å²) in [4.78, 5) is 42.7. The number of carbonyl (C=O) groups excluding carboxylic acids is 3. The van der Waals surface area contributed by atoms with Crippen LogP contribution in [-0.4, -0.2) is 53.0 Å². The fourth-order valence-corrected chi connectivity index (χ4v) is 3.12. The number of aromatic nitrogens is 2.